The molecular weight excluding hydrogens is 306 g/mol. The van der Waals surface area contributed by atoms with Gasteiger partial charge in [-0.05, 0) is 31.4 Å². The molecule has 0 heterocycles. The van der Waals surface area contributed by atoms with Crippen LogP contribution in [-0.2, 0) is 24.2 Å². The molecule has 0 saturated heterocycles. The Labute approximate surface area is 129 Å². The summed E-state index contributed by atoms with van der Waals surface area (Å²) in [5.74, 6) is -1.13. The van der Waals surface area contributed by atoms with Crippen molar-refractivity contribution in [3.05, 3.63) is 30.3 Å². The Kier molecular flexibility index (Phi) is 5.18. The summed E-state index contributed by atoms with van der Waals surface area (Å²) in [5.41, 5.74) is 0. The van der Waals surface area contributed by atoms with E-state index in [9.17, 15) is 18.0 Å². The summed E-state index contributed by atoms with van der Waals surface area (Å²) in [6.45, 7) is 0. The molecule has 1 aliphatic carbocycles. The van der Waals surface area contributed by atoms with E-state index >= 15 is 0 Å². The second-order valence-corrected chi connectivity index (χ2v) is 7.39. The zero-order valence-corrected chi connectivity index (χ0v) is 13.1. The highest BCUT2D eigenvalue weighted by atomic mass is 32.2. The van der Waals surface area contributed by atoms with Gasteiger partial charge in [-0.25, -0.2) is 13.2 Å². The summed E-state index contributed by atoms with van der Waals surface area (Å²) in [7, 11) is -2.28. The van der Waals surface area contributed by atoms with E-state index in [1.165, 1.54) is 19.2 Å². The first-order valence-electron chi connectivity index (χ1n) is 7.10. The van der Waals surface area contributed by atoms with E-state index in [2.05, 4.69) is 10.1 Å². The predicted molar refractivity (Wildman–Crippen MR) is 79.8 cm³/mol. The lowest BCUT2D eigenvalue weighted by molar-refractivity contribution is -0.145. The van der Waals surface area contributed by atoms with E-state index in [-0.39, 0.29) is 28.9 Å². The monoisotopic (exact) mass is 325 g/mol. The molecule has 1 aliphatic rings. The molecule has 22 heavy (non-hydrogen) atoms. The number of rotatable bonds is 7. The fourth-order valence-electron chi connectivity index (χ4n) is 2.04. The Morgan fingerprint density at radius 2 is 1.91 bits per heavy atom. The van der Waals surface area contributed by atoms with Gasteiger partial charge in [0.15, 0.2) is 9.84 Å². The predicted octanol–water partition coefficient (Wildman–Crippen LogP) is 0.918. The van der Waals surface area contributed by atoms with E-state index in [1.54, 1.807) is 18.2 Å². The summed E-state index contributed by atoms with van der Waals surface area (Å²) in [6.07, 6.45) is 1.60. The molecule has 1 amide bonds. The summed E-state index contributed by atoms with van der Waals surface area (Å²) in [6, 6.07) is 7.08. The van der Waals surface area contributed by atoms with Gasteiger partial charge in [0.1, 0.15) is 6.04 Å². The number of amides is 1. The Bertz CT molecular complexity index is 637. The standard InChI is InChI=1S/C15H19NO5S/c1-21-15(18)13(16-14(17)11-7-8-11)9-10-22(19,20)12-5-3-2-4-6-12/h2-6,11,13H,7-10H2,1H3,(H,16,17)/t13-/m0/s1. The molecule has 1 aromatic rings. The molecule has 6 nitrogen and oxygen atoms in total. The highest BCUT2D eigenvalue weighted by Crippen LogP contribution is 2.29. The van der Waals surface area contributed by atoms with E-state index in [0.29, 0.717) is 0 Å². The third kappa shape index (κ3) is 4.30. The van der Waals surface area contributed by atoms with Gasteiger partial charge in [-0.1, -0.05) is 18.2 Å². The highest BCUT2D eigenvalue weighted by molar-refractivity contribution is 7.91. The first-order chi connectivity index (χ1) is 10.4. The minimum Gasteiger partial charge on any atom is -0.467 e. The molecule has 7 heteroatoms. The molecule has 0 radical (unpaired) electrons. The number of carbonyl (C=O) groups is 2. The molecular formula is C15H19NO5S. The molecule has 1 saturated carbocycles. The lowest BCUT2D eigenvalue weighted by atomic mass is 10.2. The number of hydrogen-bond donors (Lipinski definition) is 1. The van der Waals surface area contributed by atoms with Crippen LogP contribution in [0.25, 0.3) is 0 Å². The van der Waals surface area contributed by atoms with Crippen LogP contribution in [0.15, 0.2) is 35.2 Å². The first kappa shape index (κ1) is 16.5. The summed E-state index contributed by atoms with van der Waals surface area (Å²) < 4.78 is 29.1. The fourth-order valence-corrected chi connectivity index (χ4v) is 3.40. The number of ether oxygens (including phenoxy) is 1. The quantitative estimate of drug-likeness (QED) is 0.753. The SMILES string of the molecule is COC(=O)[C@H](CCS(=O)(=O)c1ccccc1)NC(=O)C1CC1. The van der Waals surface area contributed by atoms with Crippen LogP contribution in [0.4, 0.5) is 0 Å². The average molecular weight is 325 g/mol. The Morgan fingerprint density at radius 1 is 1.27 bits per heavy atom. The second kappa shape index (κ2) is 6.91. The number of hydrogen-bond acceptors (Lipinski definition) is 5. The van der Waals surface area contributed by atoms with Crippen molar-refractivity contribution in [3.8, 4) is 0 Å². The molecule has 0 aliphatic heterocycles. The number of sulfone groups is 1. The van der Waals surface area contributed by atoms with Crippen LogP contribution in [0.1, 0.15) is 19.3 Å². The molecule has 0 spiro atoms. The van der Waals surface area contributed by atoms with Gasteiger partial charge in [-0.2, -0.15) is 0 Å². The lowest BCUT2D eigenvalue weighted by Gasteiger charge is -2.16. The molecule has 0 unspecified atom stereocenters. The second-order valence-electron chi connectivity index (χ2n) is 5.28. The molecule has 1 aromatic carbocycles. The van der Waals surface area contributed by atoms with E-state index in [4.69, 9.17) is 0 Å². The van der Waals surface area contributed by atoms with Crippen LogP contribution in [0, 0.1) is 5.92 Å². The molecule has 1 atom stereocenters. The van der Waals surface area contributed by atoms with Crippen LogP contribution in [0.5, 0.6) is 0 Å². The lowest BCUT2D eigenvalue weighted by Crippen LogP contribution is -2.43. The summed E-state index contributed by atoms with van der Waals surface area (Å²) >= 11 is 0. The topological polar surface area (TPSA) is 89.5 Å². The molecule has 2 rings (SSSR count). The van der Waals surface area contributed by atoms with Crippen LogP contribution in [0.2, 0.25) is 0 Å². The van der Waals surface area contributed by atoms with Gasteiger partial charge in [0.2, 0.25) is 5.91 Å². The van der Waals surface area contributed by atoms with Crippen LogP contribution in [-0.4, -0.2) is 39.2 Å². The Hall–Kier alpha value is -1.89. The maximum absolute atomic E-state index is 12.2. The zero-order chi connectivity index (χ0) is 16.2. The highest BCUT2D eigenvalue weighted by Gasteiger charge is 2.33. The first-order valence-corrected chi connectivity index (χ1v) is 8.75. The number of nitrogens with one attached hydrogen (secondary N) is 1. The number of benzene rings is 1. The maximum Gasteiger partial charge on any atom is 0.328 e. The summed E-state index contributed by atoms with van der Waals surface area (Å²) in [5, 5.41) is 2.58. The third-order valence-electron chi connectivity index (χ3n) is 3.53. The van der Waals surface area contributed by atoms with E-state index < -0.39 is 21.8 Å². The zero-order valence-electron chi connectivity index (χ0n) is 12.3. The van der Waals surface area contributed by atoms with Crippen LogP contribution >= 0.6 is 0 Å². The normalized spacial score (nSPS) is 15.9. The van der Waals surface area contributed by atoms with Gasteiger partial charge in [-0.15, -0.1) is 0 Å². The van der Waals surface area contributed by atoms with Crippen LogP contribution in [0.3, 0.4) is 0 Å². The van der Waals surface area contributed by atoms with Crippen molar-refractivity contribution < 1.29 is 22.7 Å². The van der Waals surface area contributed by atoms with Crippen molar-refractivity contribution in [1.82, 2.24) is 5.32 Å². The van der Waals surface area contributed by atoms with Crippen molar-refractivity contribution in [1.29, 1.82) is 0 Å². The number of methoxy groups -OCH3 is 1. The number of carbonyl (C=O) groups excluding carboxylic acids is 2. The van der Waals surface area contributed by atoms with E-state index in [0.717, 1.165) is 12.8 Å². The third-order valence-corrected chi connectivity index (χ3v) is 5.29. The van der Waals surface area contributed by atoms with Crippen molar-refractivity contribution in [2.24, 2.45) is 5.92 Å². The molecule has 120 valence electrons. The van der Waals surface area contributed by atoms with Gasteiger partial charge in [0.05, 0.1) is 17.8 Å². The van der Waals surface area contributed by atoms with Gasteiger partial charge < -0.3 is 10.1 Å². The van der Waals surface area contributed by atoms with Crippen molar-refractivity contribution in [2.75, 3.05) is 12.9 Å². The maximum atomic E-state index is 12.2. The Balaban J connectivity index is 2.01. The van der Waals surface area contributed by atoms with E-state index in [1.807, 2.05) is 0 Å². The average Bonchev–Trinajstić information content (AvgIpc) is 3.36. The molecule has 0 aromatic heterocycles. The minimum atomic E-state index is -3.50. The van der Waals surface area contributed by atoms with Crippen molar-refractivity contribution in [3.63, 3.8) is 0 Å². The van der Waals surface area contributed by atoms with Crippen molar-refractivity contribution in [2.45, 2.75) is 30.2 Å². The number of esters is 1. The minimum absolute atomic E-state index is 0.0115. The Morgan fingerprint density at radius 3 is 2.45 bits per heavy atom. The molecule has 0 bridgehead atoms. The largest absolute Gasteiger partial charge is 0.467 e. The van der Waals surface area contributed by atoms with Gasteiger partial charge in [0, 0.05) is 5.92 Å². The van der Waals surface area contributed by atoms with Gasteiger partial charge in [-0.3, -0.25) is 4.79 Å². The smallest absolute Gasteiger partial charge is 0.328 e. The molecule has 1 N–H and O–H groups in total. The fraction of sp³-hybridized carbons (Fsp3) is 0.467. The van der Waals surface area contributed by atoms with Gasteiger partial charge >= 0.3 is 5.97 Å². The van der Waals surface area contributed by atoms with Gasteiger partial charge in [0.25, 0.3) is 0 Å². The van der Waals surface area contributed by atoms with Crippen molar-refractivity contribution >= 4 is 21.7 Å². The summed E-state index contributed by atoms with van der Waals surface area (Å²) in [4.78, 5) is 23.7. The molecule has 1 fully saturated rings. The van der Waals surface area contributed by atoms with Crippen LogP contribution < -0.4 is 5.32 Å².